The lowest BCUT2D eigenvalue weighted by Gasteiger charge is -2.40. The van der Waals surface area contributed by atoms with Crippen LogP contribution < -0.4 is 0 Å². The van der Waals surface area contributed by atoms with Crippen LogP contribution in [0.1, 0.15) is 43.4 Å². The average Bonchev–Trinajstić information content (AvgIpc) is 3.19. The minimum Gasteiger partial charge on any atom is -0.372 e. The molecule has 0 unspecified atom stereocenters. The van der Waals surface area contributed by atoms with Gasteiger partial charge in [0.1, 0.15) is 0 Å². The molecule has 22 heavy (non-hydrogen) atoms. The first kappa shape index (κ1) is 15.9. The Morgan fingerprint density at radius 3 is 2.68 bits per heavy atom. The van der Waals surface area contributed by atoms with Gasteiger partial charge in [-0.3, -0.25) is 0 Å². The van der Waals surface area contributed by atoms with E-state index >= 15 is 0 Å². The molecule has 1 aromatic rings. The second kappa shape index (κ2) is 6.64. The summed E-state index contributed by atoms with van der Waals surface area (Å²) >= 11 is 7.98. The van der Waals surface area contributed by atoms with Gasteiger partial charge in [0.2, 0.25) is 0 Å². The zero-order chi connectivity index (χ0) is 15.6. The number of halogens is 1. The van der Waals surface area contributed by atoms with E-state index < -0.39 is 0 Å². The molecule has 1 heterocycles. The smallest absolute Gasteiger partial charge is 0.0516 e. The van der Waals surface area contributed by atoms with E-state index in [1.54, 1.807) is 0 Å². The molecule has 0 aromatic carbocycles. The van der Waals surface area contributed by atoms with E-state index in [-0.39, 0.29) is 5.41 Å². The van der Waals surface area contributed by atoms with Gasteiger partial charge >= 0.3 is 0 Å². The molecule has 3 heteroatoms. The van der Waals surface area contributed by atoms with Crippen LogP contribution >= 0.6 is 22.9 Å². The molecule has 0 N–H and O–H groups in total. The van der Waals surface area contributed by atoms with Crippen LogP contribution in [0, 0.1) is 5.41 Å². The molecule has 0 bridgehead atoms. The van der Waals surface area contributed by atoms with Crippen molar-refractivity contribution in [3.63, 3.8) is 0 Å². The third kappa shape index (κ3) is 3.04. The maximum atomic E-state index is 6.16. The van der Waals surface area contributed by atoms with Gasteiger partial charge in [-0.05, 0) is 43.2 Å². The van der Waals surface area contributed by atoms with E-state index in [1.807, 2.05) is 11.3 Å². The zero-order valence-corrected chi connectivity index (χ0v) is 14.8. The Bertz CT molecular complexity index is 591. The van der Waals surface area contributed by atoms with E-state index in [2.05, 4.69) is 48.2 Å². The molecule has 3 rings (SSSR count). The molecular weight excluding hydrogens is 310 g/mol. The monoisotopic (exact) mass is 333 g/mol. The standard InChI is InChI=1S/C19H24ClNS/c1-15(21(2)14-18-6-5-13-22-18)19(11-3-4-12-19)16-7-9-17(20)10-8-16/h5-7,9,13H,1,3-4,8,10-12,14H2,2H3. The Hall–Kier alpha value is -0.990. The largest absolute Gasteiger partial charge is 0.372 e. The van der Waals surface area contributed by atoms with Gasteiger partial charge in [0, 0.05) is 28.1 Å². The molecule has 0 aliphatic heterocycles. The van der Waals surface area contributed by atoms with E-state index in [1.165, 1.54) is 41.8 Å². The van der Waals surface area contributed by atoms with Crippen molar-refractivity contribution in [3.05, 3.63) is 57.4 Å². The molecule has 0 radical (unpaired) electrons. The number of allylic oxidation sites excluding steroid dienone is 4. The quantitative estimate of drug-likeness (QED) is 0.629. The highest BCUT2D eigenvalue weighted by Crippen LogP contribution is 2.52. The van der Waals surface area contributed by atoms with Gasteiger partial charge in [-0.25, -0.2) is 0 Å². The minimum absolute atomic E-state index is 0.167. The van der Waals surface area contributed by atoms with Gasteiger partial charge in [0.25, 0.3) is 0 Å². The summed E-state index contributed by atoms with van der Waals surface area (Å²) in [6.07, 6.45) is 11.5. The summed E-state index contributed by atoms with van der Waals surface area (Å²) in [6, 6.07) is 4.33. The van der Waals surface area contributed by atoms with Crippen molar-refractivity contribution in [1.29, 1.82) is 0 Å². The van der Waals surface area contributed by atoms with Crippen molar-refractivity contribution in [2.45, 2.75) is 45.1 Å². The second-order valence-electron chi connectivity index (χ2n) is 6.48. The Labute approximate surface area is 143 Å². The maximum absolute atomic E-state index is 6.16. The summed E-state index contributed by atoms with van der Waals surface area (Å²) in [5.41, 5.74) is 2.99. The van der Waals surface area contributed by atoms with E-state index in [0.717, 1.165) is 24.4 Å². The van der Waals surface area contributed by atoms with Gasteiger partial charge in [-0.2, -0.15) is 0 Å². The average molecular weight is 334 g/mol. The Kier molecular flexibility index (Phi) is 4.79. The van der Waals surface area contributed by atoms with Crippen LogP contribution in [0.2, 0.25) is 0 Å². The van der Waals surface area contributed by atoms with Crippen LogP contribution in [-0.2, 0) is 6.54 Å². The van der Waals surface area contributed by atoms with Crippen LogP contribution in [0.15, 0.2) is 52.5 Å². The number of rotatable bonds is 5. The molecule has 0 atom stereocenters. The molecular formula is C19H24ClNS. The van der Waals surface area contributed by atoms with Crippen molar-refractivity contribution in [2.75, 3.05) is 7.05 Å². The lowest BCUT2D eigenvalue weighted by molar-refractivity contribution is 0.285. The van der Waals surface area contributed by atoms with Crippen molar-refractivity contribution in [1.82, 2.24) is 4.90 Å². The van der Waals surface area contributed by atoms with Crippen molar-refractivity contribution < 1.29 is 0 Å². The molecule has 2 aliphatic rings. The molecule has 0 spiro atoms. The first-order valence-corrected chi connectivity index (χ1v) is 9.36. The Balaban J connectivity index is 1.82. The number of hydrogen-bond donors (Lipinski definition) is 0. The summed E-state index contributed by atoms with van der Waals surface area (Å²) in [5.74, 6) is 0. The number of hydrogen-bond acceptors (Lipinski definition) is 2. The molecule has 1 nitrogen and oxygen atoms in total. The molecule has 118 valence electrons. The first-order valence-electron chi connectivity index (χ1n) is 8.10. The predicted molar refractivity (Wildman–Crippen MR) is 97.1 cm³/mol. The van der Waals surface area contributed by atoms with Gasteiger partial charge in [-0.15, -0.1) is 11.3 Å². The van der Waals surface area contributed by atoms with E-state index in [0.29, 0.717) is 0 Å². The van der Waals surface area contributed by atoms with Crippen LogP contribution in [0.3, 0.4) is 0 Å². The fraction of sp³-hybridized carbons (Fsp3) is 0.474. The van der Waals surface area contributed by atoms with Crippen LogP contribution in [-0.4, -0.2) is 11.9 Å². The third-order valence-electron chi connectivity index (χ3n) is 5.16. The maximum Gasteiger partial charge on any atom is 0.0516 e. The molecule has 1 fully saturated rings. The minimum atomic E-state index is 0.167. The van der Waals surface area contributed by atoms with E-state index in [4.69, 9.17) is 11.6 Å². The zero-order valence-electron chi connectivity index (χ0n) is 13.3. The second-order valence-corrected chi connectivity index (χ2v) is 7.99. The molecule has 1 saturated carbocycles. The fourth-order valence-electron chi connectivity index (χ4n) is 3.88. The lowest BCUT2D eigenvalue weighted by Crippen LogP contribution is -2.32. The summed E-state index contributed by atoms with van der Waals surface area (Å²) < 4.78 is 0. The normalized spacial score (nSPS) is 20.5. The lowest BCUT2D eigenvalue weighted by atomic mass is 9.72. The highest BCUT2D eigenvalue weighted by molar-refractivity contribution is 7.09. The van der Waals surface area contributed by atoms with E-state index in [9.17, 15) is 0 Å². The van der Waals surface area contributed by atoms with Crippen LogP contribution in [0.4, 0.5) is 0 Å². The number of nitrogens with zero attached hydrogens (tertiary/aromatic N) is 1. The van der Waals surface area contributed by atoms with Crippen molar-refractivity contribution in [2.24, 2.45) is 5.41 Å². The highest BCUT2D eigenvalue weighted by atomic mass is 35.5. The molecule has 0 amide bonds. The summed E-state index contributed by atoms with van der Waals surface area (Å²) in [7, 11) is 2.19. The van der Waals surface area contributed by atoms with Crippen molar-refractivity contribution >= 4 is 22.9 Å². The molecule has 1 aromatic heterocycles. The fourth-order valence-corrected chi connectivity index (χ4v) is 4.80. The van der Waals surface area contributed by atoms with Crippen molar-refractivity contribution in [3.8, 4) is 0 Å². The number of thiophene rings is 1. The van der Waals surface area contributed by atoms with Crippen LogP contribution in [0.25, 0.3) is 0 Å². The Morgan fingerprint density at radius 2 is 2.09 bits per heavy atom. The summed E-state index contributed by atoms with van der Waals surface area (Å²) in [4.78, 5) is 3.76. The van der Waals surface area contributed by atoms with Gasteiger partial charge in [-0.1, -0.05) is 48.7 Å². The first-order chi connectivity index (χ1) is 10.6. The highest BCUT2D eigenvalue weighted by Gasteiger charge is 2.41. The van der Waals surface area contributed by atoms with Crippen LogP contribution in [0.5, 0.6) is 0 Å². The topological polar surface area (TPSA) is 3.24 Å². The third-order valence-corrected chi connectivity index (χ3v) is 6.33. The Morgan fingerprint density at radius 1 is 1.32 bits per heavy atom. The summed E-state index contributed by atoms with van der Waals surface area (Å²) in [6.45, 7) is 5.48. The molecule has 2 aliphatic carbocycles. The van der Waals surface area contributed by atoms with Gasteiger partial charge in [0.05, 0.1) is 6.54 Å². The van der Waals surface area contributed by atoms with Gasteiger partial charge in [0.15, 0.2) is 0 Å². The van der Waals surface area contributed by atoms with Gasteiger partial charge < -0.3 is 4.90 Å². The predicted octanol–water partition coefficient (Wildman–Crippen LogP) is 6.10. The SMILES string of the molecule is C=C(N(C)Cc1cccs1)C1(C2=CC=C(Cl)CC2)CCCC1. The summed E-state index contributed by atoms with van der Waals surface area (Å²) in [5, 5.41) is 3.13. The molecule has 0 saturated heterocycles.